The van der Waals surface area contributed by atoms with Crippen LogP contribution >= 0.6 is 22.9 Å². The zero-order chi connectivity index (χ0) is 20.2. The molecule has 0 saturated heterocycles. The molecule has 0 fully saturated rings. The average Bonchev–Trinajstić information content (AvgIpc) is 3.41. The number of benzene rings is 2. The fraction of sp³-hybridized carbons (Fsp3) is 0. The first-order chi connectivity index (χ1) is 14.1. The number of rotatable bonds is 5. The molecular weight excluding hydrogens is 410 g/mol. The normalized spacial score (nSPS) is 10.5. The molecule has 2 N–H and O–H groups in total. The van der Waals surface area contributed by atoms with Crippen molar-refractivity contribution in [3.63, 3.8) is 0 Å². The smallest absolute Gasteiger partial charge is 0.291 e. The van der Waals surface area contributed by atoms with Gasteiger partial charge in [-0.1, -0.05) is 29.8 Å². The quantitative estimate of drug-likeness (QED) is 0.440. The van der Waals surface area contributed by atoms with E-state index in [0.29, 0.717) is 21.4 Å². The lowest BCUT2D eigenvalue weighted by Crippen LogP contribution is -2.14. The van der Waals surface area contributed by atoms with Crippen molar-refractivity contribution in [2.24, 2.45) is 0 Å². The molecule has 0 unspecified atom stereocenters. The van der Waals surface area contributed by atoms with Crippen LogP contribution < -0.4 is 10.6 Å². The Morgan fingerprint density at radius 3 is 2.55 bits per heavy atom. The van der Waals surface area contributed by atoms with Crippen LogP contribution in [-0.2, 0) is 0 Å². The fourth-order valence-electron chi connectivity index (χ4n) is 2.59. The van der Waals surface area contributed by atoms with Gasteiger partial charge in [-0.15, -0.1) is 11.3 Å². The second kappa shape index (κ2) is 8.30. The molecule has 0 aliphatic rings. The van der Waals surface area contributed by atoms with Crippen LogP contribution in [0.5, 0.6) is 0 Å². The van der Waals surface area contributed by atoms with Gasteiger partial charge in [0.2, 0.25) is 0 Å². The molecule has 0 bridgehead atoms. The van der Waals surface area contributed by atoms with Crippen LogP contribution in [0.15, 0.2) is 76.7 Å². The third kappa shape index (κ3) is 4.53. The number of halogens is 1. The number of carbonyl (C=O) groups excluding carboxylic acids is 2. The van der Waals surface area contributed by atoms with Crippen molar-refractivity contribution < 1.29 is 14.0 Å². The first-order valence-corrected chi connectivity index (χ1v) is 9.82. The van der Waals surface area contributed by atoms with Crippen molar-refractivity contribution in [1.82, 2.24) is 4.98 Å². The zero-order valence-corrected chi connectivity index (χ0v) is 16.5. The summed E-state index contributed by atoms with van der Waals surface area (Å²) in [6.07, 6.45) is 1.42. The van der Waals surface area contributed by atoms with Crippen LogP contribution in [0, 0.1) is 0 Å². The van der Waals surface area contributed by atoms with Gasteiger partial charge >= 0.3 is 0 Å². The van der Waals surface area contributed by atoms with E-state index >= 15 is 0 Å². The van der Waals surface area contributed by atoms with E-state index in [9.17, 15) is 9.59 Å². The minimum atomic E-state index is -0.389. The Morgan fingerprint density at radius 1 is 0.966 bits per heavy atom. The molecule has 2 aromatic carbocycles. The van der Waals surface area contributed by atoms with Crippen molar-refractivity contribution in [2.75, 3.05) is 10.6 Å². The van der Waals surface area contributed by atoms with Crippen LogP contribution in [0.4, 0.5) is 10.8 Å². The molecule has 144 valence electrons. The molecule has 29 heavy (non-hydrogen) atoms. The lowest BCUT2D eigenvalue weighted by Gasteiger charge is -2.06. The molecular formula is C21H14ClN3O3S. The first-order valence-electron chi connectivity index (χ1n) is 8.56. The van der Waals surface area contributed by atoms with Crippen molar-refractivity contribution >= 4 is 45.6 Å². The highest BCUT2D eigenvalue weighted by Crippen LogP contribution is 2.26. The third-order valence-electron chi connectivity index (χ3n) is 3.99. The van der Waals surface area contributed by atoms with E-state index in [1.165, 1.54) is 17.6 Å². The maximum Gasteiger partial charge on any atom is 0.291 e. The second-order valence-corrected chi connectivity index (χ2v) is 7.31. The summed E-state index contributed by atoms with van der Waals surface area (Å²) in [5, 5.41) is 8.46. The van der Waals surface area contributed by atoms with Gasteiger partial charge in [-0.3, -0.25) is 14.9 Å². The van der Waals surface area contributed by atoms with Gasteiger partial charge in [0.15, 0.2) is 10.9 Å². The summed E-state index contributed by atoms with van der Waals surface area (Å²) < 4.78 is 5.06. The maximum atomic E-state index is 12.6. The van der Waals surface area contributed by atoms with Gasteiger partial charge in [0.25, 0.3) is 11.8 Å². The molecule has 4 rings (SSSR count). The highest BCUT2D eigenvalue weighted by Gasteiger charge is 2.13. The molecule has 4 aromatic rings. The maximum absolute atomic E-state index is 12.6. The number of amides is 2. The first kappa shape index (κ1) is 18.9. The minimum absolute atomic E-state index is 0.192. The lowest BCUT2D eigenvalue weighted by molar-refractivity contribution is 0.0993. The Labute approximate surface area is 175 Å². The third-order valence-corrected chi connectivity index (χ3v) is 5.00. The van der Waals surface area contributed by atoms with Gasteiger partial charge < -0.3 is 9.73 Å². The zero-order valence-electron chi connectivity index (χ0n) is 14.9. The molecule has 0 aliphatic heterocycles. The van der Waals surface area contributed by atoms with Crippen molar-refractivity contribution in [3.8, 4) is 11.3 Å². The highest BCUT2D eigenvalue weighted by atomic mass is 35.5. The summed E-state index contributed by atoms with van der Waals surface area (Å²) in [5.41, 5.74) is 2.54. The van der Waals surface area contributed by atoms with E-state index in [2.05, 4.69) is 15.6 Å². The van der Waals surface area contributed by atoms with Crippen LogP contribution in [0.25, 0.3) is 11.3 Å². The number of nitrogens with one attached hydrogen (secondary N) is 2. The predicted octanol–water partition coefficient (Wildman–Crippen LogP) is 5.56. The number of carbonyl (C=O) groups is 2. The second-order valence-electron chi connectivity index (χ2n) is 6.01. The van der Waals surface area contributed by atoms with Crippen molar-refractivity contribution in [2.45, 2.75) is 0 Å². The van der Waals surface area contributed by atoms with Gasteiger partial charge in [-0.2, -0.15) is 0 Å². The summed E-state index contributed by atoms with van der Waals surface area (Å²) in [7, 11) is 0. The van der Waals surface area contributed by atoms with Gasteiger partial charge in [-0.25, -0.2) is 4.98 Å². The van der Waals surface area contributed by atoms with Crippen LogP contribution in [0.2, 0.25) is 5.02 Å². The van der Waals surface area contributed by atoms with Gasteiger partial charge in [0.05, 0.1) is 12.0 Å². The van der Waals surface area contributed by atoms with E-state index < -0.39 is 0 Å². The Bertz CT molecular complexity index is 1150. The Balaban J connectivity index is 1.45. The number of nitrogens with zero attached hydrogens (tertiary/aromatic N) is 1. The highest BCUT2D eigenvalue weighted by molar-refractivity contribution is 7.14. The molecule has 2 heterocycles. The molecule has 2 amide bonds. The minimum Gasteiger partial charge on any atom is -0.459 e. The Morgan fingerprint density at radius 2 is 1.79 bits per heavy atom. The van der Waals surface area contributed by atoms with Crippen molar-refractivity contribution in [1.29, 1.82) is 0 Å². The van der Waals surface area contributed by atoms with E-state index in [1.54, 1.807) is 48.5 Å². The number of aromatic nitrogens is 1. The van der Waals surface area contributed by atoms with Crippen LogP contribution in [0.3, 0.4) is 0 Å². The summed E-state index contributed by atoms with van der Waals surface area (Å²) >= 11 is 7.23. The monoisotopic (exact) mass is 423 g/mol. The average molecular weight is 424 g/mol. The largest absolute Gasteiger partial charge is 0.459 e. The number of thiazole rings is 1. The lowest BCUT2D eigenvalue weighted by atomic mass is 10.2. The molecule has 0 saturated carbocycles. The summed E-state index contributed by atoms with van der Waals surface area (Å²) in [5.74, 6) is -0.520. The predicted molar refractivity (Wildman–Crippen MR) is 114 cm³/mol. The molecule has 6 nitrogen and oxygen atoms in total. The number of hydrogen-bond donors (Lipinski definition) is 2. The Hall–Kier alpha value is -3.42. The number of anilines is 2. The Kier molecular flexibility index (Phi) is 5.41. The van der Waals surface area contributed by atoms with Crippen LogP contribution in [0.1, 0.15) is 20.9 Å². The fourth-order valence-corrected chi connectivity index (χ4v) is 3.43. The SMILES string of the molecule is O=C(Nc1nc(-c2ccc(Cl)cc2)cs1)c1cccc(NC(=O)c2ccco2)c1. The van der Waals surface area contributed by atoms with Crippen LogP contribution in [-0.4, -0.2) is 16.8 Å². The van der Waals surface area contributed by atoms with Crippen molar-refractivity contribution in [3.05, 3.63) is 88.7 Å². The molecule has 0 radical (unpaired) electrons. The molecule has 2 aromatic heterocycles. The van der Waals surface area contributed by atoms with E-state index in [-0.39, 0.29) is 17.6 Å². The number of furan rings is 1. The molecule has 0 aliphatic carbocycles. The molecule has 0 spiro atoms. The van der Waals surface area contributed by atoms with Gasteiger partial charge in [-0.05, 0) is 42.5 Å². The van der Waals surface area contributed by atoms with E-state index in [1.807, 2.05) is 17.5 Å². The summed E-state index contributed by atoms with van der Waals surface area (Å²) in [6, 6.07) is 17.1. The summed E-state index contributed by atoms with van der Waals surface area (Å²) in [6.45, 7) is 0. The number of hydrogen-bond acceptors (Lipinski definition) is 5. The summed E-state index contributed by atoms with van der Waals surface area (Å²) in [4.78, 5) is 29.1. The van der Waals surface area contributed by atoms with E-state index in [4.69, 9.17) is 16.0 Å². The van der Waals surface area contributed by atoms with Gasteiger partial charge in [0, 0.05) is 27.2 Å². The van der Waals surface area contributed by atoms with Gasteiger partial charge in [0.1, 0.15) is 0 Å². The topological polar surface area (TPSA) is 84.2 Å². The van der Waals surface area contributed by atoms with E-state index in [0.717, 1.165) is 11.3 Å². The molecule has 8 heteroatoms. The standard InChI is InChI=1S/C21H14ClN3O3S/c22-15-8-6-13(7-9-15)17-12-29-21(24-17)25-19(26)14-3-1-4-16(11-14)23-20(27)18-5-2-10-28-18/h1-12H,(H,23,27)(H,24,25,26). The molecule has 0 atom stereocenters.